The number of rotatable bonds is 15. The van der Waals surface area contributed by atoms with Crippen LogP contribution in [0.4, 0.5) is 0 Å². The van der Waals surface area contributed by atoms with E-state index in [-0.39, 0.29) is 23.6 Å². The minimum Gasteiger partial charge on any atom is -0.374 e. The van der Waals surface area contributed by atoms with Gasteiger partial charge in [-0.05, 0) is 68.0 Å². The van der Waals surface area contributed by atoms with Crippen molar-refractivity contribution in [3.63, 3.8) is 0 Å². The summed E-state index contributed by atoms with van der Waals surface area (Å²) in [4.78, 5) is 13.3. The number of nitrogens with one attached hydrogen (secondary N) is 2. The molecule has 4 rings (SSSR count). The number of hydrogen-bond donors (Lipinski definition) is 2. The lowest BCUT2D eigenvalue weighted by molar-refractivity contribution is -0.127. The maximum Gasteiger partial charge on any atom is 0.245 e. The maximum absolute atomic E-state index is 13.7. The molecule has 2 fully saturated rings. The predicted octanol–water partition coefficient (Wildman–Crippen LogP) is 5.50. The van der Waals surface area contributed by atoms with Crippen LogP contribution in [0.3, 0.4) is 0 Å². The average molecular weight is 616 g/mol. The summed E-state index contributed by atoms with van der Waals surface area (Å²) in [6, 6.07) is 14.1. The van der Waals surface area contributed by atoms with E-state index in [1.165, 1.54) is 10.7 Å². The van der Waals surface area contributed by atoms with Gasteiger partial charge in [0, 0.05) is 33.8 Å². The van der Waals surface area contributed by atoms with Gasteiger partial charge in [0.15, 0.2) is 0 Å². The molecule has 0 saturated heterocycles. The molecule has 0 unspecified atom stereocenters. The van der Waals surface area contributed by atoms with Gasteiger partial charge in [0.05, 0.1) is 23.1 Å². The summed E-state index contributed by atoms with van der Waals surface area (Å²) in [7, 11) is -1.66. The van der Waals surface area contributed by atoms with Gasteiger partial charge in [-0.2, -0.15) is 4.31 Å². The summed E-state index contributed by atoms with van der Waals surface area (Å²) in [5.41, 5.74) is 2.83. The van der Waals surface area contributed by atoms with Crippen LogP contribution in [0, 0.1) is 0 Å². The molecule has 0 atom stereocenters. The fourth-order valence-electron chi connectivity index (χ4n) is 5.53. The van der Waals surface area contributed by atoms with Crippen LogP contribution in [0.15, 0.2) is 47.4 Å². The molecule has 0 radical (unpaired) electrons. The van der Waals surface area contributed by atoms with Gasteiger partial charge in [0.2, 0.25) is 15.9 Å². The van der Waals surface area contributed by atoms with Crippen molar-refractivity contribution in [2.45, 2.75) is 100 Å². The first kappa shape index (κ1) is 32.8. The smallest absolute Gasteiger partial charge is 0.245 e. The van der Waals surface area contributed by atoms with E-state index >= 15 is 0 Å². The maximum atomic E-state index is 13.7. The highest BCUT2D eigenvalue weighted by Crippen LogP contribution is 2.34. The zero-order chi connectivity index (χ0) is 30.4. The van der Waals surface area contributed by atoms with E-state index in [1.807, 2.05) is 37.4 Å². The minimum atomic E-state index is -3.81. The number of carbonyl (C=O) groups is 1. The van der Waals surface area contributed by atoms with Gasteiger partial charge in [0.25, 0.3) is 0 Å². The Balaban J connectivity index is 1.56. The van der Waals surface area contributed by atoms with E-state index in [1.54, 1.807) is 19.2 Å². The number of carbonyl (C=O) groups excluding carboxylic acids is 1. The number of amides is 1. The zero-order valence-electron chi connectivity index (χ0n) is 26.0. The molecule has 232 valence electrons. The van der Waals surface area contributed by atoms with Gasteiger partial charge < -0.3 is 20.1 Å². The molecule has 0 spiro atoms. The van der Waals surface area contributed by atoms with Crippen LogP contribution >= 0.6 is 0 Å². The summed E-state index contributed by atoms with van der Waals surface area (Å²) < 4.78 is 40.8. The zero-order valence-corrected chi connectivity index (χ0v) is 27.8. The first-order valence-corrected chi connectivity index (χ1v) is 20.4. The fourth-order valence-corrected chi connectivity index (χ4v) is 7.54. The molecule has 0 bridgehead atoms. The average Bonchev–Trinajstić information content (AvgIpc) is 3.43. The Hall–Kier alpha value is -2.08. The van der Waals surface area contributed by atoms with Crippen molar-refractivity contribution in [2.24, 2.45) is 0 Å². The Bertz CT molecular complexity index is 1320. The topological polar surface area (TPSA) is 97.0 Å². The van der Waals surface area contributed by atoms with Crippen molar-refractivity contribution in [2.75, 3.05) is 27.4 Å². The van der Waals surface area contributed by atoms with Gasteiger partial charge in [-0.25, -0.2) is 8.42 Å². The van der Waals surface area contributed by atoms with E-state index in [2.05, 4.69) is 30.3 Å². The SMILES string of the molecule is CNC1(C(=O)NCc2ccc(-c3ccccc3S(=O)(=O)N(C)COCC[Si](C)(C)C)c(COC3CCC3)c2)CCCC1. The summed E-state index contributed by atoms with van der Waals surface area (Å²) >= 11 is 0. The lowest BCUT2D eigenvalue weighted by Crippen LogP contribution is -2.53. The third kappa shape index (κ3) is 8.09. The van der Waals surface area contributed by atoms with Crippen molar-refractivity contribution >= 4 is 24.0 Å². The van der Waals surface area contributed by atoms with Gasteiger partial charge in [-0.15, -0.1) is 0 Å². The number of likely N-dealkylation sites (N-methyl/N-ethyl adjacent to an activating group) is 1. The molecular weight excluding hydrogens is 567 g/mol. The highest BCUT2D eigenvalue weighted by molar-refractivity contribution is 7.89. The molecule has 2 aromatic carbocycles. The normalized spacial score (nSPS) is 17.4. The van der Waals surface area contributed by atoms with Crippen molar-refractivity contribution in [1.29, 1.82) is 0 Å². The van der Waals surface area contributed by atoms with Gasteiger partial charge in [-0.1, -0.05) is 68.9 Å². The molecular formula is C32H49N3O5SSi. The molecule has 0 aliphatic heterocycles. The van der Waals surface area contributed by atoms with Crippen LogP contribution in [-0.2, 0) is 37.4 Å². The molecule has 42 heavy (non-hydrogen) atoms. The van der Waals surface area contributed by atoms with Crippen molar-refractivity contribution in [1.82, 2.24) is 14.9 Å². The Morgan fingerprint density at radius 1 is 1.05 bits per heavy atom. The third-order valence-electron chi connectivity index (χ3n) is 8.65. The van der Waals surface area contributed by atoms with Gasteiger partial charge >= 0.3 is 0 Å². The summed E-state index contributed by atoms with van der Waals surface area (Å²) in [6.45, 7) is 8.15. The molecule has 1 amide bonds. The quantitative estimate of drug-likeness (QED) is 0.156. The molecule has 2 aromatic rings. The molecule has 10 heteroatoms. The number of sulfonamides is 1. The Kier molecular flexibility index (Phi) is 11.0. The lowest BCUT2D eigenvalue weighted by atomic mass is 9.95. The largest absolute Gasteiger partial charge is 0.374 e. The molecule has 2 N–H and O–H groups in total. The van der Waals surface area contributed by atoms with Crippen LogP contribution in [-0.4, -0.2) is 65.8 Å². The number of nitrogens with zero attached hydrogens (tertiary/aromatic N) is 1. The molecule has 2 saturated carbocycles. The first-order chi connectivity index (χ1) is 19.9. The highest BCUT2D eigenvalue weighted by Gasteiger charge is 2.39. The monoisotopic (exact) mass is 615 g/mol. The van der Waals surface area contributed by atoms with Crippen LogP contribution < -0.4 is 10.6 Å². The summed E-state index contributed by atoms with van der Waals surface area (Å²) in [6.07, 6.45) is 7.29. The number of ether oxygens (including phenoxy) is 2. The van der Waals surface area contributed by atoms with Gasteiger partial charge in [0.1, 0.15) is 6.73 Å². The predicted molar refractivity (Wildman–Crippen MR) is 170 cm³/mol. The summed E-state index contributed by atoms with van der Waals surface area (Å²) in [5, 5.41) is 6.39. The van der Waals surface area contributed by atoms with E-state index < -0.39 is 23.6 Å². The second-order valence-electron chi connectivity index (χ2n) is 13.0. The molecule has 0 heterocycles. The number of hydrogen-bond acceptors (Lipinski definition) is 6. The second-order valence-corrected chi connectivity index (χ2v) is 20.7. The van der Waals surface area contributed by atoms with E-state index in [0.29, 0.717) is 25.3 Å². The lowest BCUT2D eigenvalue weighted by Gasteiger charge is -2.27. The van der Waals surface area contributed by atoms with Crippen LogP contribution in [0.5, 0.6) is 0 Å². The Morgan fingerprint density at radius 3 is 2.40 bits per heavy atom. The Morgan fingerprint density at radius 2 is 1.76 bits per heavy atom. The number of benzene rings is 2. The third-order valence-corrected chi connectivity index (χ3v) is 12.2. The standard InChI is InChI=1S/C32H49N3O5SSi/c1-33-32(17-8-9-18-32)31(36)34-22-25-15-16-28(26(21-25)23-40-27-11-10-12-27)29-13-6-7-14-30(29)41(37,38)35(2)24-39-19-20-42(3,4)5/h6-7,13-16,21,27,33H,8-12,17-20,22-24H2,1-5H3,(H,34,36). The van der Waals surface area contributed by atoms with E-state index in [9.17, 15) is 13.2 Å². The van der Waals surface area contributed by atoms with Crippen LogP contribution in [0.2, 0.25) is 25.7 Å². The highest BCUT2D eigenvalue weighted by atomic mass is 32.2. The minimum absolute atomic E-state index is 0.00550. The van der Waals surface area contributed by atoms with Crippen molar-refractivity contribution < 1.29 is 22.7 Å². The Labute approximate surface area is 253 Å². The molecule has 0 aromatic heterocycles. The van der Waals surface area contributed by atoms with Gasteiger partial charge in [-0.3, -0.25) is 4.79 Å². The summed E-state index contributed by atoms with van der Waals surface area (Å²) in [5.74, 6) is 0.0328. The van der Waals surface area contributed by atoms with Crippen molar-refractivity contribution in [3.05, 3.63) is 53.6 Å². The first-order valence-electron chi connectivity index (χ1n) is 15.3. The van der Waals surface area contributed by atoms with E-state index in [0.717, 1.165) is 61.3 Å². The second kappa shape index (κ2) is 14.1. The fraction of sp³-hybridized carbons (Fsp3) is 0.594. The van der Waals surface area contributed by atoms with Crippen LogP contribution in [0.25, 0.3) is 11.1 Å². The van der Waals surface area contributed by atoms with E-state index in [4.69, 9.17) is 9.47 Å². The molecule has 2 aliphatic rings. The molecule has 8 nitrogen and oxygen atoms in total. The van der Waals surface area contributed by atoms with Crippen molar-refractivity contribution in [3.8, 4) is 11.1 Å². The molecule has 2 aliphatic carbocycles. The van der Waals surface area contributed by atoms with Crippen LogP contribution in [0.1, 0.15) is 56.1 Å².